The number of nitrogens with zero attached hydrogens (tertiary/aromatic N) is 4. The van der Waals surface area contributed by atoms with Gasteiger partial charge in [-0.05, 0) is 47.9 Å². The van der Waals surface area contributed by atoms with Crippen molar-refractivity contribution in [1.29, 1.82) is 5.26 Å². The number of amides is 2. The number of aromatic nitrogens is 1. The number of phenolic OH excluding ortho intramolecular Hbond substituents is 1. The van der Waals surface area contributed by atoms with Gasteiger partial charge in [-0.2, -0.15) is 10.4 Å². The summed E-state index contributed by atoms with van der Waals surface area (Å²) >= 11 is 1.34. The highest BCUT2D eigenvalue weighted by molar-refractivity contribution is 7.18. The van der Waals surface area contributed by atoms with Gasteiger partial charge in [0.2, 0.25) is 5.91 Å². The normalized spacial score (nSPS) is 12.0. The Balaban J connectivity index is 1.37. The number of fused-ring (bicyclic) bond motifs is 2. The number of anilines is 1. The predicted octanol–water partition coefficient (Wildman–Crippen LogP) is 6.27. The number of aromatic hydroxyl groups is 1. The maximum Gasteiger partial charge on any atom is 0.275 e. The Bertz CT molecular complexity index is 1900. The third kappa shape index (κ3) is 6.64. The molecule has 1 unspecified atom stereocenters. The molecule has 5 aromatic rings. The number of hydrogen-bond acceptors (Lipinski definition) is 9. The van der Waals surface area contributed by atoms with Crippen LogP contribution in [0.1, 0.15) is 40.5 Å². The number of carbonyl (C=O) groups is 2. The third-order valence-electron chi connectivity index (χ3n) is 6.63. The molecule has 0 aliphatic carbocycles. The van der Waals surface area contributed by atoms with Crippen LogP contribution in [0.15, 0.2) is 90.0 Å². The van der Waals surface area contributed by atoms with E-state index in [1.165, 1.54) is 35.6 Å². The second kappa shape index (κ2) is 12.9. The lowest BCUT2D eigenvalue weighted by atomic mass is 10.00. The van der Waals surface area contributed by atoms with E-state index in [0.717, 1.165) is 15.6 Å². The van der Waals surface area contributed by atoms with Crippen molar-refractivity contribution < 1.29 is 19.6 Å². The van der Waals surface area contributed by atoms with Crippen LogP contribution >= 0.6 is 11.3 Å². The standard InChI is InChI=1S/C31H24N6O5S/c32-18-23(31-34-25-11-3-4-13-27(25)43-31)24(12-6-14-28(39)33-20-8-5-9-21(17-20)37(41)42)35-36-30(40)29-22-10-2-1-7-19(22)15-16-26(29)38/h1-5,7-11,13,15-17,23,38H,6,12,14H2,(H,33,39)(H,36,40)/b35-24+. The van der Waals surface area contributed by atoms with E-state index in [1.54, 1.807) is 24.3 Å². The lowest BCUT2D eigenvalue weighted by Crippen LogP contribution is -2.23. The zero-order chi connectivity index (χ0) is 30.3. The monoisotopic (exact) mass is 592 g/mol. The van der Waals surface area contributed by atoms with E-state index in [4.69, 9.17) is 0 Å². The van der Waals surface area contributed by atoms with E-state index in [1.807, 2.05) is 36.4 Å². The number of para-hydroxylation sites is 1. The molecular weight excluding hydrogens is 568 g/mol. The van der Waals surface area contributed by atoms with Crippen molar-refractivity contribution in [3.8, 4) is 11.8 Å². The zero-order valence-electron chi connectivity index (χ0n) is 22.6. The molecule has 4 aromatic carbocycles. The Morgan fingerprint density at radius 3 is 2.63 bits per heavy atom. The van der Waals surface area contributed by atoms with Crippen molar-refractivity contribution >= 4 is 61.2 Å². The molecule has 1 aromatic heterocycles. The lowest BCUT2D eigenvalue weighted by molar-refractivity contribution is -0.384. The highest BCUT2D eigenvalue weighted by atomic mass is 32.1. The molecule has 0 radical (unpaired) electrons. The minimum absolute atomic E-state index is 0.0256. The fourth-order valence-corrected chi connectivity index (χ4v) is 5.62. The first-order chi connectivity index (χ1) is 20.8. The molecule has 0 fully saturated rings. The van der Waals surface area contributed by atoms with Gasteiger partial charge < -0.3 is 10.4 Å². The number of hydrazone groups is 1. The molecular formula is C31H24N6O5S. The number of phenols is 1. The summed E-state index contributed by atoms with van der Waals surface area (Å²) in [4.78, 5) is 41.0. The highest BCUT2D eigenvalue weighted by Crippen LogP contribution is 2.30. The van der Waals surface area contributed by atoms with Crippen LogP contribution in [0.5, 0.6) is 5.75 Å². The number of non-ortho nitro benzene ring substituents is 1. The number of rotatable bonds is 10. The molecule has 43 heavy (non-hydrogen) atoms. The van der Waals surface area contributed by atoms with Crippen molar-refractivity contribution in [2.45, 2.75) is 25.2 Å². The van der Waals surface area contributed by atoms with E-state index in [2.05, 4.69) is 26.9 Å². The Morgan fingerprint density at radius 1 is 1.05 bits per heavy atom. The summed E-state index contributed by atoms with van der Waals surface area (Å²) in [6.45, 7) is 0. The van der Waals surface area contributed by atoms with Crippen LogP contribution in [0.2, 0.25) is 0 Å². The summed E-state index contributed by atoms with van der Waals surface area (Å²) in [6.07, 6.45) is 0.453. The molecule has 2 amide bonds. The Kier molecular flexibility index (Phi) is 8.64. The van der Waals surface area contributed by atoms with Crippen LogP contribution in [0.3, 0.4) is 0 Å². The van der Waals surface area contributed by atoms with Crippen LogP contribution in [-0.4, -0.2) is 32.5 Å². The van der Waals surface area contributed by atoms with Crippen molar-refractivity contribution in [3.63, 3.8) is 0 Å². The van der Waals surface area contributed by atoms with Gasteiger partial charge in [-0.15, -0.1) is 11.3 Å². The van der Waals surface area contributed by atoms with Gasteiger partial charge in [0.25, 0.3) is 11.6 Å². The summed E-state index contributed by atoms with van der Waals surface area (Å²) in [5, 5.41) is 40.4. The average molecular weight is 593 g/mol. The van der Waals surface area contributed by atoms with Gasteiger partial charge in [0.05, 0.1) is 32.5 Å². The fourth-order valence-electron chi connectivity index (χ4n) is 4.58. The molecule has 1 heterocycles. The summed E-state index contributed by atoms with van der Waals surface area (Å²) in [7, 11) is 0. The predicted molar refractivity (Wildman–Crippen MR) is 164 cm³/mol. The summed E-state index contributed by atoms with van der Waals surface area (Å²) < 4.78 is 0.887. The van der Waals surface area contributed by atoms with Gasteiger partial charge in [0, 0.05) is 24.2 Å². The van der Waals surface area contributed by atoms with Gasteiger partial charge >= 0.3 is 0 Å². The highest BCUT2D eigenvalue weighted by Gasteiger charge is 2.24. The minimum Gasteiger partial charge on any atom is -0.507 e. The van der Waals surface area contributed by atoms with Crippen molar-refractivity contribution in [2.75, 3.05) is 5.32 Å². The van der Waals surface area contributed by atoms with Crippen LogP contribution < -0.4 is 10.7 Å². The molecule has 3 N–H and O–H groups in total. The SMILES string of the molecule is N#CC(/C(CCCC(=O)Nc1cccc([N+](=O)[O-])c1)=N/NC(=O)c1c(O)ccc2ccccc12)c1nc2ccccc2s1. The minimum atomic E-state index is -0.904. The second-order valence-electron chi connectivity index (χ2n) is 9.52. The average Bonchev–Trinajstić information content (AvgIpc) is 3.43. The number of nitrogens with one attached hydrogen (secondary N) is 2. The van der Waals surface area contributed by atoms with Crippen molar-refractivity contribution in [2.24, 2.45) is 5.10 Å². The number of nitro groups is 1. The van der Waals surface area contributed by atoms with Crippen LogP contribution in [0.25, 0.3) is 21.0 Å². The molecule has 0 aliphatic heterocycles. The first kappa shape index (κ1) is 28.8. The maximum atomic E-state index is 13.2. The Hall–Kier alpha value is -5.67. The number of nitriles is 1. The molecule has 0 bridgehead atoms. The first-order valence-electron chi connectivity index (χ1n) is 13.2. The van der Waals surface area contributed by atoms with Gasteiger partial charge in [0.15, 0.2) is 0 Å². The molecule has 0 aliphatic rings. The number of hydrogen-bond donors (Lipinski definition) is 3. The van der Waals surface area contributed by atoms with Crippen LogP contribution in [-0.2, 0) is 4.79 Å². The maximum absolute atomic E-state index is 13.2. The molecule has 1 atom stereocenters. The van der Waals surface area contributed by atoms with Gasteiger partial charge in [-0.25, -0.2) is 10.4 Å². The van der Waals surface area contributed by atoms with Crippen molar-refractivity contribution in [1.82, 2.24) is 10.4 Å². The number of nitro benzene ring substituents is 1. The number of carbonyl (C=O) groups excluding carboxylic acids is 2. The largest absolute Gasteiger partial charge is 0.507 e. The van der Waals surface area contributed by atoms with Crippen LogP contribution in [0.4, 0.5) is 11.4 Å². The molecule has 5 rings (SSSR count). The summed E-state index contributed by atoms with van der Waals surface area (Å²) in [5.41, 5.74) is 3.70. The molecule has 12 heteroatoms. The second-order valence-corrected chi connectivity index (χ2v) is 10.6. The zero-order valence-corrected chi connectivity index (χ0v) is 23.4. The van der Waals surface area contributed by atoms with Gasteiger partial charge in [0.1, 0.15) is 16.7 Å². The lowest BCUT2D eigenvalue weighted by Gasteiger charge is -2.12. The Morgan fingerprint density at radius 2 is 1.84 bits per heavy atom. The molecule has 0 spiro atoms. The van der Waals surface area contributed by atoms with Gasteiger partial charge in [-0.3, -0.25) is 19.7 Å². The smallest absolute Gasteiger partial charge is 0.275 e. The van der Waals surface area contributed by atoms with E-state index in [9.17, 15) is 30.1 Å². The van der Waals surface area contributed by atoms with E-state index < -0.39 is 16.7 Å². The summed E-state index contributed by atoms with van der Waals surface area (Å²) in [6, 6.07) is 25.5. The summed E-state index contributed by atoms with van der Waals surface area (Å²) in [5.74, 6) is -2.15. The quantitative estimate of drug-likeness (QED) is 0.0975. The Labute approximate surface area is 249 Å². The van der Waals surface area contributed by atoms with E-state index in [-0.39, 0.29) is 47.9 Å². The topological polar surface area (TPSA) is 171 Å². The van der Waals surface area contributed by atoms with Crippen LogP contribution in [0, 0.1) is 21.4 Å². The first-order valence-corrected chi connectivity index (χ1v) is 14.0. The molecule has 11 nitrogen and oxygen atoms in total. The number of thiazole rings is 1. The molecule has 0 saturated carbocycles. The van der Waals surface area contributed by atoms with E-state index in [0.29, 0.717) is 16.1 Å². The fraction of sp³-hybridized carbons (Fsp3) is 0.129. The third-order valence-corrected chi connectivity index (χ3v) is 7.73. The number of benzene rings is 4. The van der Waals surface area contributed by atoms with Crippen molar-refractivity contribution in [3.05, 3.63) is 106 Å². The molecule has 214 valence electrons. The molecule has 0 saturated heterocycles. The van der Waals surface area contributed by atoms with Gasteiger partial charge in [-0.1, -0.05) is 48.5 Å². The van der Waals surface area contributed by atoms with E-state index >= 15 is 0 Å².